The Morgan fingerprint density at radius 2 is 1.87 bits per heavy atom. The molecular weight excluding hydrogens is 210 g/mol. The molecule has 1 rings (SSSR count). The van der Waals surface area contributed by atoms with Crippen molar-refractivity contribution in [3.05, 3.63) is 0 Å². The zero-order valence-corrected chi connectivity index (χ0v) is 11.0. The molecule has 0 heterocycles. The summed E-state index contributed by atoms with van der Waals surface area (Å²) in [6, 6.07) is 0. The van der Waals surface area contributed by atoms with Crippen LogP contribution in [0.2, 0.25) is 0 Å². The van der Waals surface area contributed by atoms with Crippen molar-refractivity contribution in [1.82, 2.24) is 5.32 Å². The van der Waals surface area contributed by atoms with Gasteiger partial charge in [0.2, 0.25) is 0 Å². The van der Waals surface area contributed by atoms with E-state index in [-0.39, 0.29) is 16.5 Å². The monoisotopic (exact) mass is 233 g/mol. The van der Waals surface area contributed by atoms with Crippen LogP contribution in [-0.2, 0) is 9.84 Å². The first-order chi connectivity index (χ1) is 6.76. The fraction of sp³-hybridized carbons (Fsp3) is 1.00. The van der Waals surface area contributed by atoms with Crippen molar-refractivity contribution in [2.75, 3.05) is 12.3 Å². The summed E-state index contributed by atoms with van der Waals surface area (Å²) < 4.78 is 23.1. The molecule has 3 nitrogen and oxygen atoms in total. The van der Waals surface area contributed by atoms with Gasteiger partial charge >= 0.3 is 0 Å². The lowest BCUT2D eigenvalue weighted by Crippen LogP contribution is -2.44. The van der Waals surface area contributed by atoms with E-state index in [0.29, 0.717) is 6.54 Å². The fourth-order valence-electron chi connectivity index (χ4n) is 1.70. The molecule has 0 aromatic heterocycles. The van der Waals surface area contributed by atoms with Crippen LogP contribution in [0.1, 0.15) is 40.5 Å². The third kappa shape index (κ3) is 3.76. The highest BCUT2D eigenvalue weighted by Gasteiger charge is 2.37. The number of nitrogens with one attached hydrogen (secondary N) is 1. The molecule has 0 aromatic rings. The molecule has 1 fully saturated rings. The summed E-state index contributed by atoms with van der Waals surface area (Å²) in [4.78, 5) is 0. The molecule has 1 aliphatic carbocycles. The Morgan fingerprint density at radius 1 is 1.33 bits per heavy atom. The summed E-state index contributed by atoms with van der Waals surface area (Å²) in [6.07, 6.45) is 2.55. The molecule has 0 unspecified atom stereocenters. The molecule has 0 aliphatic heterocycles. The van der Waals surface area contributed by atoms with Crippen LogP contribution in [0.4, 0.5) is 0 Å². The van der Waals surface area contributed by atoms with E-state index in [1.165, 1.54) is 12.8 Å². The van der Waals surface area contributed by atoms with Crippen molar-refractivity contribution in [2.24, 2.45) is 5.92 Å². The Morgan fingerprint density at radius 3 is 2.27 bits per heavy atom. The molecule has 1 N–H and O–H groups in total. The maximum absolute atomic E-state index is 11.6. The molecule has 15 heavy (non-hydrogen) atoms. The number of hydrogen-bond acceptors (Lipinski definition) is 3. The van der Waals surface area contributed by atoms with Gasteiger partial charge in [-0.3, -0.25) is 0 Å². The SMILES string of the molecule is CC(C)S(=O)(=O)CCNC(C)(C)C1CC1. The van der Waals surface area contributed by atoms with E-state index < -0.39 is 9.84 Å². The van der Waals surface area contributed by atoms with Gasteiger partial charge in [0.15, 0.2) is 9.84 Å². The predicted octanol–water partition coefficient (Wildman–Crippen LogP) is 1.59. The van der Waals surface area contributed by atoms with Crippen LogP contribution < -0.4 is 5.32 Å². The molecule has 4 heteroatoms. The first kappa shape index (κ1) is 13.0. The van der Waals surface area contributed by atoms with Crippen molar-refractivity contribution in [3.63, 3.8) is 0 Å². The highest BCUT2D eigenvalue weighted by molar-refractivity contribution is 7.92. The minimum atomic E-state index is -2.89. The van der Waals surface area contributed by atoms with Crippen molar-refractivity contribution >= 4 is 9.84 Å². The van der Waals surface area contributed by atoms with Crippen LogP contribution in [-0.4, -0.2) is 31.5 Å². The molecule has 0 bridgehead atoms. The van der Waals surface area contributed by atoms with Gasteiger partial charge < -0.3 is 5.32 Å². The standard InChI is InChI=1S/C11H23NO2S/c1-9(2)15(13,14)8-7-12-11(3,4)10-5-6-10/h9-10,12H,5-8H2,1-4H3. The van der Waals surface area contributed by atoms with Crippen molar-refractivity contribution in [1.29, 1.82) is 0 Å². The lowest BCUT2D eigenvalue weighted by molar-refractivity contribution is 0.350. The normalized spacial score (nSPS) is 18.5. The number of rotatable bonds is 6. The minimum absolute atomic E-state index is 0.104. The van der Waals surface area contributed by atoms with Gasteiger partial charge in [0.1, 0.15) is 0 Å². The Hall–Kier alpha value is -0.0900. The van der Waals surface area contributed by atoms with Crippen molar-refractivity contribution in [3.8, 4) is 0 Å². The van der Waals surface area contributed by atoms with Gasteiger partial charge in [0, 0.05) is 12.1 Å². The number of sulfone groups is 1. The molecule has 0 amide bonds. The van der Waals surface area contributed by atoms with Gasteiger partial charge in [-0.2, -0.15) is 0 Å². The average Bonchev–Trinajstić information content (AvgIpc) is 2.84. The Kier molecular flexibility index (Phi) is 3.82. The summed E-state index contributed by atoms with van der Waals surface area (Å²) >= 11 is 0. The van der Waals surface area contributed by atoms with Gasteiger partial charge in [-0.15, -0.1) is 0 Å². The second kappa shape index (κ2) is 4.42. The van der Waals surface area contributed by atoms with Gasteiger partial charge in [-0.1, -0.05) is 0 Å². The van der Waals surface area contributed by atoms with Gasteiger partial charge in [0.25, 0.3) is 0 Å². The second-order valence-electron chi connectivity index (χ2n) is 5.34. The Balaban J connectivity index is 2.32. The van der Waals surface area contributed by atoms with E-state index in [9.17, 15) is 8.42 Å². The Labute approximate surface area is 93.6 Å². The highest BCUT2D eigenvalue weighted by Crippen LogP contribution is 2.38. The third-order valence-electron chi connectivity index (χ3n) is 3.28. The smallest absolute Gasteiger partial charge is 0.153 e. The van der Waals surface area contributed by atoms with Crippen molar-refractivity contribution in [2.45, 2.75) is 51.3 Å². The summed E-state index contributed by atoms with van der Waals surface area (Å²) in [5.74, 6) is 0.986. The van der Waals surface area contributed by atoms with Crippen LogP contribution in [0, 0.1) is 5.92 Å². The maximum atomic E-state index is 11.6. The zero-order chi connectivity index (χ0) is 11.7. The molecule has 0 spiro atoms. The molecule has 1 aliphatic rings. The molecule has 0 saturated heterocycles. The van der Waals surface area contributed by atoms with Crippen LogP contribution in [0.15, 0.2) is 0 Å². The molecule has 90 valence electrons. The molecular formula is C11H23NO2S. The molecule has 0 atom stereocenters. The molecule has 0 radical (unpaired) electrons. The van der Waals surface area contributed by atoms with Gasteiger partial charge in [0.05, 0.1) is 11.0 Å². The first-order valence-electron chi connectivity index (χ1n) is 5.72. The van der Waals surface area contributed by atoms with E-state index in [1.54, 1.807) is 13.8 Å². The van der Waals surface area contributed by atoms with Gasteiger partial charge in [-0.05, 0) is 46.5 Å². The minimum Gasteiger partial charge on any atom is -0.311 e. The average molecular weight is 233 g/mol. The fourth-order valence-corrected chi connectivity index (χ4v) is 2.56. The van der Waals surface area contributed by atoms with E-state index in [2.05, 4.69) is 19.2 Å². The second-order valence-corrected chi connectivity index (χ2v) is 8.02. The number of hydrogen-bond donors (Lipinski definition) is 1. The quantitative estimate of drug-likeness (QED) is 0.758. The topological polar surface area (TPSA) is 46.2 Å². The van der Waals surface area contributed by atoms with E-state index in [1.807, 2.05) is 0 Å². The summed E-state index contributed by atoms with van der Waals surface area (Å²) in [5, 5.41) is 3.09. The molecule has 1 saturated carbocycles. The van der Waals surface area contributed by atoms with Crippen LogP contribution in [0.5, 0.6) is 0 Å². The van der Waals surface area contributed by atoms with E-state index >= 15 is 0 Å². The van der Waals surface area contributed by atoms with Crippen LogP contribution >= 0.6 is 0 Å². The van der Waals surface area contributed by atoms with E-state index in [4.69, 9.17) is 0 Å². The van der Waals surface area contributed by atoms with Crippen LogP contribution in [0.25, 0.3) is 0 Å². The van der Waals surface area contributed by atoms with Gasteiger partial charge in [-0.25, -0.2) is 8.42 Å². The maximum Gasteiger partial charge on any atom is 0.153 e. The highest BCUT2D eigenvalue weighted by atomic mass is 32.2. The summed E-state index contributed by atoms with van der Waals surface area (Å²) in [6.45, 7) is 8.37. The third-order valence-corrected chi connectivity index (χ3v) is 5.49. The van der Waals surface area contributed by atoms with Crippen molar-refractivity contribution < 1.29 is 8.42 Å². The predicted molar refractivity (Wildman–Crippen MR) is 63.7 cm³/mol. The lowest BCUT2D eigenvalue weighted by atomic mass is 9.99. The first-order valence-corrected chi connectivity index (χ1v) is 7.44. The van der Waals surface area contributed by atoms with E-state index in [0.717, 1.165) is 5.92 Å². The molecule has 0 aromatic carbocycles. The summed E-state index contributed by atoms with van der Waals surface area (Å²) in [5.41, 5.74) is 0.104. The Bertz CT molecular complexity index is 303. The zero-order valence-electron chi connectivity index (χ0n) is 10.2. The van der Waals surface area contributed by atoms with Crippen LogP contribution in [0.3, 0.4) is 0 Å². The lowest BCUT2D eigenvalue weighted by Gasteiger charge is -2.26. The summed E-state index contributed by atoms with van der Waals surface area (Å²) in [7, 11) is -2.89. The largest absolute Gasteiger partial charge is 0.311 e.